The number of aryl methyl sites for hydroxylation is 1. The lowest BCUT2D eigenvalue weighted by Gasteiger charge is -2.23. The fourth-order valence-corrected chi connectivity index (χ4v) is 5.61. The van der Waals surface area contributed by atoms with Crippen molar-refractivity contribution in [2.45, 2.75) is 25.7 Å². The third-order valence-corrected chi connectivity index (χ3v) is 6.93. The molecule has 0 amide bonds. The zero-order chi connectivity index (χ0) is 14.8. The Bertz CT molecular complexity index is 568. The highest BCUT2D eigenvalue weighted by atomic mass is 79.9. The van der Waals surface area contributed by atoms with Gasteiger partial charge >= 0.3 is 0 Å². The van der Waals surface area contributed by atoms with E-state index >= 15 is 0 Å². The number of halogens is 1. The van der Waals surface area contributed by atoms with Crippen LogP contribution in [0.15, 0.2) is 14.7 Å². The summed E-state index contributed by atoms with van der Waals surface area (Å²) < 4.78 is 27.4. The van der Waals surface area contributed by atoms with E-state index in [0.717, 1.165) is 8.66 Å². The summed E-state index contributed by atoms with van der Waals surface area (Å²) in [4.78, 5) is 1.45. The van der Waals surface area contributed by atoms with Crippen LogP contribution in [0.1, 0.15) is 18.7 Å². The van der Waals surface area contributed by atoms with Crippen LogP contribution in [-0.2, 0) is 10.0 Å². The molecule has 0 aliphatic carbocycles. The average Bonchev–Trinajstić information content (AvgIpc) is 2.65. The molecule has 0 aromatic carbocycles. The molecule has 8 heteroatoms. The van der Waals surface area contributed by atoms with Crippen molar-refractivity contribution >= 4 is 54.5 Å². The molecule has 1 aromatic heterocycles. The second-order valence-corrected chi connectivity index (χ2v) is 9.24. The fourth-order valence-electron chi connectivity index (χ4n) is 1.62. The van der Waals surface area contributed by atoms with Crippen molar-refractivity contribution in [1.29, 1.82) is 0 Å². The van der Waals surface area contributed by atoms with Gasteiger partial charge in [0.15, 0.2) is 0 Å². The van der Waals surface area contributed by atoms with E-state index in [4.69, 9.17) is 18.0 Å². The zero-order valence-corrected chi connectivity index (χ0v) is 15.0. The van der Waals surface area contributed by atoms with Crippen molar-refractivity contribution in [3.05, 3.63) is 14.7 Å². The Morgan fingerprint density at radius 2 is 2.21 bits per heavy atom. The summed E-state index contributed by atoms with van der Waals surface area (Å²) in [6, 6.07) is 1.64. The van der Waals surface area contributed by atoms with E-state index in [0.29, 0.717) is 23.0 Å². The molecule has 1 unspecified atom stereocenters. The van der Waals surface area contributed by atoms with Crippen LogP contribution in [0.3, 0.4) is 0 Å². The second kappa shape index (κ2) is 6.62. The summed E-state index contributed by atoms with van der Waals surface area (Å²) in [6.07, 6.45) is 0. The molecule has 0 fully saturated rings. The molecule has 1 aromatic rings. The molecule has 4 nitrogen and oxygen atoms in total. The lowest BCUT2D eigenvalue weighted by atomic mass is 10.2. The Morgan fingerprint density at radius 1 is 1.63 bits per heavy atom. The van der Waals surface area contributed by atoms with Gasteiger partial charge in [0.25, 0.3) is 0 Å². The molecule has 1 atom stereocenters. The van der Waals surface area contributed by atoms with Crippen molar-refractivity contribution in [3.8, 4) is 0 Å². The van der Waals surface area contributed by atoms with E-state index in [1.807, 2.05) is 6.92 Å². The molecule has 0 spiro atoms. The Hall–Kier alpha value is -0.0200. The first kappa shape index (κ1) is 17.0. The van der Waals surface area contributed by atoms with Crippen molar-refractivity contribution in [2.24, 2.45) is 11.7 Å². The van der Waals surface area contributed by atoms with Gasteiger partial charge < -0.3 is 5.73 Å². The lowest BCUT2D eigenvalue weighted by Crippen LogP contribution is -2.38. The summed E-state index contributed by atoms with van der Waals surface area (Å²) in [7, 11) is -3.49. The van der Waals surface area contributed by atoms with Gasteiger partial charge in [-0.05, 0) is 28.9 Å². The molecule has 1 rings (SSSR count). The Morgan fingerprint density at radius 3 is 2.58 bits per heavy atom. The number of hydrogen-bond donors (Lipinski definition) is 1. The number of hydrogen-bond acceptors (Lipinski definition) is 4. The first-order valence-corrected chi connectivity index (χ1v) is 9.21. The Labute approximate surface area is 132 Å². The van der Waals surface area contributed by atoms with Gasteiger partial charge in [-0.25, -0.2) is 8.42 Å². The summed E-state index contributed by atoms with van der Waals surface area (Å²) in [5.41, 5.74) is 5.56. The monoisotopic (exact) mass is 384 g/mol. The van der Waals surface area contributed by atoms with Gasteiger partial charge in [0.05, 0.1) is 13.7 Å². The third-order valence-electron chi connectivity index (χ3n) is 2.78. The minimum Gasteiger partial charge on any atom is -0.393 e. The second-order valence-electron chi connectivity index (χ2n) is 4.23. The fraction of sp³-hybridized carbons (Fsp3) is 0.545. The number of sulfonamides is 1. The van der Waals surface area contributed by atoms with E-state index < -0.39 is 10.0 Å². The minimum atomic E-state index is -3.49. The van der Waals surface area contributed by atoms with Crippen LogP contribution in [0.2, 0.25) is 0 Å². The minimum absolute atomic E-state index is 0.146. The highest BCUT2D eigenvalue weighted by Crippen LogP contribution is 2.31. The average molecular weight is 385 g/mol. The van der Waals surface area contributed by atoms with Gasteiger partial charge in [-0.15, -0.1) is 11.3 Å². The molecule has 0 saturated heterocycles. The predicted octanol–water partition coefficient (Wildman–Crippen LogP) is 2.75. The van der Waals surface area contributed by atoms with Gasteiger partial charge in [0.1, 0.15) is 0 Å². The first-order valence-electron chi connectivity index (χ1n) is 5.75. The van der Waals surface area contributed by atoms with Gasteiger partial charge in [-0.2, -0.15) is 4.31 Å². The first-order chi connectivity index (χ1) is 8.70. The highest BCUT2D eigenvalue weighted by molar-refractivity contribution is 9.11. The van der Waals surface area contributed by atoms with E-state index in [2.05, 4.69) is 15.9 Å². The predicted molar refractivity (Wildman–Crippen MR) is 87.1 cm³/mol. The number of nitrogens with two attached hydrogens (primary N) is 1. The molecule has 0 aliphatic rings. The summed E-state index contributed by atoms with van der Waals surface area (Å²) in [5, 5.41) is 0. The van der Waals surface area contributed by atoms with Gasteiger partial charge in [0, 0.05) is 23.9 Å². The van der Waals surface area contributed by atoms with Crippen LogP contribution in [0, 0.1) is 12.8 Å². The quantitative estimate of drug-likeness (QED) is 0.765. The third kappa shape index (κ3) is 3.98. The van der Waals surface area contributed by atoms with E-state index in [-0.39, 0.29) is 5.92 Å². The number of thiophene rings is 1. The summed E-state index contributed by atoms with van der Waals surface area (Å²) in [5.74, 6) is -0.146. The van der Waals surface area contributed by atoms with Crippen LogP contribution in [0.4, 0.5) is 0 Å². The maximum Gasteiger partial charge on any atom is 0.244 e. The van der Waals surface area contributed by atoms with E-state index in [1.165, 1.54) is 15.6 Å². The van der Waals surface area contributed by atoms with Crippen LogP contribution >= 0.6 is 39.5 Å². The number of rotatable bonds is 6. The Kier molecular flexibility index (Phi) is 5.94. The lowest BCUT2D eigenvalue weighted by molar-refractivity contribution is 0.405. The largest absolute Gasteiger partial charge is 0.393 e. The van der Waals surface area contributed by atoms with Crippen molar-refractivity contribution in [3.63, 3.8) is 0 Å². The topological polar surface area (TPSA) is 63.4 Å². The van der Waals surface area contributed by atoms with Crippen LogP contribution < -0.4 is 5.73 Å². The summed E-state index contributed by atoms with van der Waals surface area (Å²) >= 11 is 9.63. The molecule has 0 radical (unpaired) electrons. The van der Waals surface area contributed by atoms with Gasteiger partial charge in [-0.1, -0.05) is 26.1 Å². The van der Waals surface area contributed by atoms with Gasteiger partial charge in [-0.3, -0.25) is 0 Å². The van der Waals surface area contributed by atoms with Crippen molar-refractivity contribution < 1.29 is 8.42 Å². The molecular weight excluding hydrogens is 368 g/mol. The van der Waals surface area contributed by atoms with Crippen molar-refractivity contribution in [2.75, 3.05) is 13.1 Å². The van der Waals surface area contributed by atoms with Crippen LogP contribution in [-0.4, -0.2) is 30.8 Å². The number of nitrogens with zero attached hydrogens (tertiary/aromatic N) is 1. The smallest absolute Gasteiger partial charge is 0.244 e. The maximum absolute atomic E-state index is 12.6. The molecule has 2 N–H and O–H groups in total. The molecule has 0 bridgehead atoms. The van der Waals surface area contributed by atoms with Crippen LogP contribution in [0.25, 0.3) is 0 Å². The summed E-state index contributed by atoms with van der Waals surface area (Å²) in [6.45, 7) is 6.13. The normalized spacial score (nSPS) is 13.7. The Balaban J connectivity index is 3.09. The molecule has 19 heavy (non-hydrogen) atoms. The molecule has 0 aliphatic heterocycles. The maximum atomic E-state index is 12.6. The molecule has 108 valence electrons. The van der Waals surface area contributed by atoms with Gasteiger partial charge in [0.2, 0.25) is 10.0 Å². The van der Waals surface area contributed by atoms with E-state index in [1.54, 1.807) is 19.9 Å². The molecule has 0 saturated carbocycles. The standard InChI is InChI=1S/C11H17BrN2O2S3/c1-4-14(6-7(2)11(13)17)19(15,16)9-5-10(12)18-8(9)3/h5,7H,4,6H2,1-3H3,(H2,13,17). The molecule has 1 heterocycles. The van der Waals surface area contributed by atoms with Crippen LogP contribution in [0.5, 0.6) is 0 Å². The zero-order valence-electron chi connectivity index (χ0n) is 11.0. The highest BCUT2D eigenvalue weighted by Gasteiger charge is 2.28. The number of thiocarbonyl (C=S) groups is 1. The molecular formula is C11H17BrN2O2S3. The SMILES string of the molecule is CCN(CC(C)C(N)=S)S(=O)(=O)c1cc(Br)sc1C. The van der Waals surface area contributed by atoms with E-state index in [9.17, 15) is 8.42 Å². The van der Waals surface area contributed by atoms with Crippen molar-refractivity contribution in [1.82, 2.24) is 4.31 Å².